The van der Waals surface area contributed by atoms with Gasteiger partial charge in [-0.3, -0.25) is 0 Å². The Bertz CT molecular complexity index is 613. The minimum atomic E-state index is -0.0988. The lowest BCUT2D eigenvalue weighted by Gasteiger charge is -2.09. The van der Waals surface area contributed by atoms with Gasteiger partial charge in [-0.15, -0.1) is 0 Å². The molecular weight excluding hydrogens is 218 g/mol. The second kappa shape index (κ2) is 3.93. The fourth-order valence-electron chi connectivity index (χ4n) is 1.52. The van der Waals surface area contributed by atoms with Crippen LogP contribution in [0.1, 0.15) is 17.0 Å². The number of aromatic nitrogens is 3. The number of aliphatic hydroxyl groups is 1. The van der Waals surface area contributed by atoms with Gasteiger partial charge in [0.2, 0.25) is 0 Å². The third-order valence-electron chi connectivity index (χ3n) is 2.48. The lowest BCUT2D eigenvalue weighted by Crippen LogP contribution is -2.03. The van der Waals surface area contributed by atoms with Gasteiger partial charge in [0.1, 0.15) is 22.9 Å². The van der Waals surface area contributed by atoms with Gasteiger partial charge in [-0.2, -0.15) is 5.10 Å². The first-order chi connectivity index (χ1) is 8.04. The van der Waals surface area contributed by atoms with Crippen LogP contribution < -0.4 is 0 Å². The minimum absolute atomic E-state index is 0.0988. The van der Waals surface area contributed by atoms with E-state index in [9.17, 15) is 5.11 Å². The number of hydrogen-bond donors (Lipinski definition) is 1. The number of ether oxygens (including phenoxy) is 1. The van der Waals surface area contributed by atoms with E-state index in [0.717, 1.165) is 5.56 Å². The number of nitrogens with zero attached hydrogens (tertiary/aromatic N) is 3. The maximum absolute atomic E-state index is 9.43. The molecule has 5 nitrogen and oxygen atoms in total. The van der Waals surface area contributed by atoms with Crippen LogP contribution >= 0.6 is 0 Å². The maximum Gasteiger partial charge on any atom is 0.159 e. The lowest BCUT2D eigenvalue weighted by atomic mass is 10.2. The van der Waals surface area contributed by atoms with Crippen molar-refractivity contribution >= 4 is 17.2 Å². The van der Waals surface area contributed by atoms with Gasteiger partial charge in [0.25, 0.3) is 0 Å². The van der Waals surface area contributed by atoms with Crippen molar-refractivity contribution in [3.05, 3.63) is 42.4 Å². The number of aliphatic hydroxyl groups excluding tert-OH is 1. The first-order valence-electron chi connectivity index (χ1n) is 5.01. The first kappa shape index (κ1) is 11.2. The van der Waals surface area contributed by atoms with E-state index in [1.165, 1.54) is 7.11 Å². The monoisotopic (exact) mass is 231 g/mol. The van der Waals surface area contributed by atoms with Gasteiger partial charge in [-0.25, -0.2) is 9.50 Å². The smallest absolute Gasteiger partial charge is 0.159 e. The van der Waals surface area contributed by atoms with E-state index in [1.54, 1.807) is 16.8 Å². The van der Waals surface area contributed by atoms with Gasteiger partial charge in [-0.05, 0) is 13.0 Å². The highest BCUT2D eigenvalue weighted by Gasteiger charge is 2.13. The molecule has 0 radical (unpaired) electrons. The van der Waals surface area contributed by atoms with E-state index >= 15 is 0 Å². The summed E-state index contributed by atoms with van der Waals surface area (Å²) in [5.74, 6) is 0.348. The Morgan fingerprint density at radius 2 is 2.18 bits per heavy atom. The van der Waals surface area contributed by atoms with Crippen LogP contribution in [0.5, 0.6) is 0 Å². The van der Waals surface area contributed by atoms with E-state index < -0.39 is 0 Å². The fraction of sp³-hybridized carbons (Fsp3) is 0.167. The second-order valence-electron chi connectivity index (χ2n) is 3.66. The third kappa shape index (κ3) is 1.75. The lowest BCUT2D eigenvalue weighted by molar-refractivity contribution is 0.368. The highest BCUT2D eigenvalue weighted by Crippen LogP contribution is 2.20. The summed E-state index contributed by atoms with van der Waals surface area (Å²) in [6, 6.07) is 1.63. The van der Waals surface area contributed by atoms with Crippen LogP contribution in [0, 0.1) is 6.92 Å². The Labute approximate surface area is 98.7 Å². The summed E-state index contributed by atoms with van der Waals surface area (Å²) in [4.78, 5) is 4.27. The highest BCUT2D eigenvalue weighted by atomic mass is 16.5. The molecule has 0 aliphatic rings. The average Bonchev–Trinajstić information content (AvgIpc) is 2.69. The fourth-order valence-corrected chi connectivity index (χ4v) is 1.52. The van der Waals surface area contributed by atoms with Crippen molar-refractivity contribution in [2.45, 2.75) is 6.92 Å². The quantitative estimate of drug-likeness (QED) is 0.822. The van der Waals surface area contributed by atoms with Gasteiger partial charge in [0, 0.05) is 5.56 Å². The van der Waals surface area contributed by atoms with Gasteiger partial charge in [0.15, 0.2) is 5.65 Å². The van der Waals surface area contributed by atoms with E-state index in [1.807, 2.05) is 6.92 Å². The molecule has 0 bridgehead atoms. The molecule has 2 aromatic heterocycles. The molecule has 17 heavy (non-hydrogen) atoms. The number of methoxy groups -OCH3 is 1. The first-order valence-corrected chi connectivity index (χ1v) is 5.01. The molecule has 0 aromatic carbocycles. The molecule has 0 saturated heterocycles. The van der Waals surface area contributed by atoms with Crippen LogP contribution in [0.3, 0.4) is 0 Å². The van der Waals surface area contributed by atoms with E-state index in [2.05, 4.69) is 23.2 Å². The zero-order valence-electron chi connectivity index (χ0n) is 9.77. The summed E-state index contributed by atoms with van der Waals surface area (Å²) in [5, 5.41) is 13.6. The molecule has 2 aromatic rings. The van der Waals surface area contributed by atoms with E-state index in [-0.39, 0.29) is 5.76 Å². The van der Waals surface area contributed by atoms with E-state index in [0.29, 0.717) is 22.8 Å². The molecule has 0 atom stereocenters. The summed E-state index contributed by atoms with van der Waals surface area (Å²) < 4.78 is 6.71. The number of fused-ring (bicyclic) bond motifs is 1. The Hall–Kier alpha value is -2.30. The summed E-state index contributed by atoms with van der Waals surface area (Å²) in [7, 11) is 1.53. The van der Waals surface area contributed by atoms with Crippen molar-refractivity contribution in [2.75, 3.05) is 7.11 Å². The highest BCUT2D eigenvalue weighted by molar-refractivity contribution is 5.65. The van der Waals surface area contributed by atoms with Crippen molar-refractivity contribution < 1.29 is 9.84 Å². The number of aryl methyl sites for hydroxylation is 1. The molecule has 2 rings (SSSR count). The van der Waals surface area contributed by atoms with Gasteiger partial charge in [-0.1, -0.05) is 13.2 Å². The van der Waals surface area contributed by atoms with Gasteiger partial charge in [0.05, 0.1) is 13.3 Å². The van der Waals surface area contributed by atoms with Crippen LogP contribution in [-0.2, 0) is 4.74 Å². The average molecular weight is 231 g/mol. The molecule has 0 unspecified atom stereocenters. The normalized spacial score (nSPS) is 10.5. The molecule has 5 heteroatoms. The zero-order valence-corrected chi connectivity index (χ0v) is 9.77. The molecular formula is C12H13N3O2. The van der Waals surface area contributed by atoms with Crippen LogP contribution in [0.2, 0.25) is 0 Å². The van der Waals surface area contributed by atoms with Crippen LogP contribution in [-0.4, -0.2) is 26.8 Å². The molecule has 0 fully saturated rings. The summed E-state index contributed by atoms with van der Waals surface area (Å²) in [6.07, 6.45) is 1.69. The topological polar surface area (TPSA) is 59.7 Å². The Morgan fingerprint density at radius 3 is 2.76 bits per heavy atom. The third-order valence-corrected chi connectivity index (χ3v) is 2.48. The molecule has 0 saturated carbocycles. The van der Waals surface area contributed by atoms with Crippen molar-refractivity contribution in [1.29, 1.82) is 0 Å². The maximum atomic E-state index is 9.43. The van der Waals surface area contributed by atoms with Crippen LogP contribution in [0.25, 0.3) is 17.2 Å². The van der Waals surface area contributed by atoms with Gasteiger partial charge < -0.3 is 9.84 Å². The Morgan fingerprint density at radius 1 is 1.47 bits per heavy atom. The summed E-state index contributed by atoms with van der Waals surface area (Å²) >= 11 is 0. The molecule has 0 aliphatic carbocycles. The predicted molar refractivity (Wildman–Crippen MR) is 65.4 cm³/mol. The molecule has 88 valence electrons. The molecule has 0 spiro atoms. The Balaban J connectivity index is 2.79. The zero-order chi connectivity index (χ0) is 12.6. The SMILES string of the molecule is C=C(O)c1cc(C(=C)OC)n2ncc(C)c2n1. The number of hydrogen-bond acceptors (Lipinski definition) is 4. The van der Waals surface area contributed by atoms with Crippen molar-refractivity contribution in [2.24, 2.45) is 0 Å². The van der Waals surface area contributed by atoms with Crippen molar-refractivity contribution in [3.63, 3.8) is 0 Å². The standard InChI is InChI=1S/C12H13N3O2/c1-7-6-13-15-11(9(3)17-4)5-10(8(2)16)14-12(7)15/h5-6,16H,2-3H2,1,4H3. The van der Waals surface area contributed by atoms with E-state index in [4.69, 9.17) is 4.74 Å². The van der Waals surface area contributed by atoms with Gasteiger partial charge >= 0.3 is 0 Å². The Kier molecular flexibility index (Phi) is 2.59. The molecule has 0 amide bonds. The second-order valence-corrected chi connectivity index (χ2v) is 3.66. The van der Waals surface area contributed by atoms with Crippen LogP contribution in [0.15, 0.2) is 25.4 Å². The molecule has 0 aliphatic heterocycles. The summed E-state index contributed by atoms with van der Waals surface area (Å²) in [6.45, 7) is 9.13. The van der Waals surface area contributed by atoms with Crippen molar-refractivity contribution in [3.8, 4) is 0 Å². The molecule has 1 N–H and O–H groups in total. The van der Waals surface area contributed by atoms with Crippen LogP contribution in [0.4, 0.5) is 0 Å². The van der Waals surface area contributed by atoms with Crippen molar-refractivity contribution in [1.82, 2.24) is 14.6 Å². The largest absolute Gasteiger partial charge is 0.506 e. The minimum Gasteiger partial charge on any atom is -0.506 e. The predicted octanol–water partition coefficient (Wildman–Crippen LogP) is 2.18. The molecule has 2 heterocycles. The number of rotatable bonds is 3. The summed E-state index contributed by atoms with van der Waals surface area (Å²) in [5.41, 5.74) is 2.56.